The molecule has 0 saturated heterocycles. The lowest BCUT2D eigenvalue weighted by atomic mass is 10.2. The number of benzene rings is 1. The molecule has 1 aromatic carbocycles. The van der Waals surface area contributed by atoms with E-state index in [0.717, 1.165) is 11.1 Å². The molecule has 0 spiro atoms. The van der Waals surface area contributed by atoms with Crippen molar-refractivity contribution in [3.8, 4) is 11.5 Å². The van der Waals surface area contributed by atoms with Gasteiger partial charge in [-0.25, -0.2) is 4.79 Å². The number of esters is 1. The zero-order chi connectivity index (χ0) is 15.0. The minimum Gasteiger partial charge on any atom is -0.493 e. The summed E-state index contributed by atoms with van der Waals surface area (Å²) < 4.78 is 15.4. The molecule has 0 unspecified atom stereocenters. The van der Waals surface area contributed by atoms with Gasteiger partial charge in [-0.1, -0.05) is 11.6 Å². The lowest BCUT2D eigenvalue weighted by Gasteiger charge is -2.07. The van der Waals surface area contributed by atoms with Crippen LogP contribution in [0.15, 0.2) is 35.9 Å². The predicted octanol–water partition coefficient (Wildman–Crippen LogP) is 3.23. The highest BCUT2D eigenvalue weighted by Crippen LogP contribution is 2.27. The van der Waals surface area contributed by atoms with E-state index in [4.69, 9.17) is 14.2 Å². The van der Waals surface area contributed by atoms with Crippen molar-refractivity contribution in [2.45, 2.75) is 13.8 Å². The van der Waals surface area contributed by atoms with Crippen LogP contribution in [0.2, 0.25) is 0 Å². The first-order valence-corrected chi connectivity index (χ1v) is 6.27. The van der Waals surface area contributed by atoms with Crippen LogP contribution in [0.5, 0.6) is 11.5 Å². The van der Waals surface area contributed by atoms with E-state index in [1.165, 1.54) is 6.08 Å². The van der Waals surface area contributed by atoms with Gasteiger partial charge in [-0.2, -0.15) is 0 Å². The van der Waals surface area contributed by atoms with Crippen LogP contribution in [0.4, 0.5) is 0 Å². The van der Waals surface area contributed by atoms with Crippen molar-refractivity contribution in [1.29, 1.82) is 0 Å². The van der Waals surface area contributed by atoms with Gasteiger partial charge >= 0.3 is 5.97 Å². The first-order valence-electron chi connectivity index (χ1n) is 6.27. The van der Waals surface area contributed by atoms with Crippen molar-refractivity contribution in [3.05, 3.63) is 41.5 Å². The number of allylic oxidation sites excluding steroid dienone is 1. The summed E-state index contributed by atoms with van der Waals surface area (Å²) in [5, 5.41) is 0. The Kier molecular flexibility index (Phi) is 6.37. The van der Waals surface area contributed by atoms with Crippen LogP contribution < -0.4 is 9.47 Å². The molecule has 0 aromatic heterocycles. The molecular formula is C16H20O4. The fourth-order valence-electron chi connectivity index (χ4n) is 1.46. The second-order valence-corrected chi connectivity index (χ2v) is 4.36. The highest BCUT2D eigenvalue weighted by molar-refractivity contribution is 5.87. The Balaban J connectivity index is 2.65. The largest absolute Gasteiger partial charge is 0.493 e. The highest BCUT2D eigenvalue weighted by Gasteiger charge is 2.03. The fourth-order valence-corrected chi connectivity index (χ4v) is 1.46. The summed E-state index contributed by atoms with van der Waals surface area (Å²) in [6, 6.07) is 5.41. The fraction of sp³-hybridized carbons (Fsp3) is 0.312. The molecule has 4 nitrogen and oxygen atoms in total. The quantitative estimate of drug-likeness (QED) is 0.454. The summed E-state index contributed by atoms with van der Waals surface area (Å²) in [4.78, 5) is 11.5. The topological polar surface area (TPSA) is 44.8 Å². The van der Waals surface area contributed by atoms with Crippen molar-refractivity contribution in [2.75, 3.05) is 20.8 Å². The van der Waals surface area contributed by atoms with E-state index < -0.39 is 0 Å². The first kappa shape index (κ1) is 15.8. The van der Waals surface area contributed by atoms with Gasteiger partial charge < -0.3 is 14.2 Å². The lowest BCUT2D eigenvalue weighted by molar-refractivity contribution is -0.136. The maximum absolute atomic E-state index is 11.5. The summed E-state index contributed by atoms with van der Waals surface area (Å²) >= 11 is 0. The Labute approximate surface area is 119 Å². The van der Waals surface area contributed by atoms with E-state index in [1.54, 1.807) is 32.4 Å². The van der Waals surface area contributed by atoms with Crippen LogP contribution in [0.3, 0.4) is 0 Å². The van der Waals surface area contributed by atoms with Gasteiger partial charge in [0.1, 0.15) is 6.61 Å². The van der Waals surface area contributed by atoms with E-state index in [9.17, 15) is 4.79 Å². The average molecular weight is 276 g/mol. The van der Waals surface area contributed by atoms with Crippen LogP contribution in [-0.2, 0) is 9.53 Å². The van der Waals surface area contributed by atoms with Gasteiger partial charge in [-0.15, -0.1) is 0 Å². The Morgan fingerprint density at radius 3 is 2.45 bits per heavy atom. The van der Waals surface area contributed by atoms with Crippen molar-refractivity contribution in [3.63, 3.8) is 0 Å². The summed E-state index contributed by atoms with van der Waals surface area (Å²) in [6.07, 6.45) is 4.91. The molecule has 108 valence electrons. The molecule has 0 N–H and O–H groups in total. The molecule has 20 heavy (non-hydrogen) atoms. The smallest absolute Gasteiger partial charge is 0.331 e. The molecule has 0 heterocycles. The van der Waals surface area contributed by atoms with Gasteiger partial charge in [0.05, 0.1) is 14.2 Å². The number of ether oxygens (including phenoxy) is 3. The van der Waals surface area contributed by atoms with Crippen LogP contribution >= 0.6 is 0 Å². The molecule has 0 bridgehead atoms. The third-order valence-corrected chi connectivity index (χ3v) is 2.54. The minimum absolute atomic E-state index is 0.289. The van der Waals surface area contributed by atoms with E-state index in [-0.39, 0.29) is 12.6 Å². The molecular weight excluding hydrogens is 256 g/mol. The zero-order valence-electron chi connectivity index (χ0n) is 12.3. The molecule has 0 saturated carbocycles. The number of carbonyl (C=O) groups excluding carboxylic acids is 1. The maximum atomic E-state index is 11.5. The van der Waals surface area contributed by atoms with E-state index in [2.05, 4.69) is 0 Å². The number of rotatable bonds is 6. The molecule has 0 fully saturated rings. The van der Waals surface area contributed by atoms with E-state index in [1.807, 2.05) is 26.0 Å². The second-order valence-electron chi connectivity index (χ2n) is 4.36. The highest BCUT2D eigenvalue weighted by atomic mass is 16.5. The van der Waals surface area contributed by atoms with Crippen molar-refractivity contribution >= 4 is 12.0 Å². The van der Waals surface area contributed by atoms with E-state index in [0.29, 0.717) is 11.5 Å². The third-order valence-electron chi connectivity index (χ3n) is 2.54. The summed E-state index contributed by atoms with van der Waals surface area (Å²) in [6.45, 7) is 4.19. The molecule has 0 amide bonds. The second kappa shape index (κ2) is 8.04. The van der Waals surface area contributed by atoms with Gasteiger partial charge in [0.15, 0.2) is 11.5 Å². The Hall–Kier alpha value is -2.23. The normalized spacial score (nSPS) is 10.2. The monoisotopic (exact) mass is 276 g/mol. The van der Waals surface area contributed by atoms with Gasteiger partial charge in [0.2, 0.25) is 0 Å². The Morgan fingerprint density at radius 1 is 1.15 bits per heavy atom. The SMILES string of the molecule is COc1ccc(C=CC(=O)OCC=C(C)C)cc1OC. The van der Waals surface area contributed by atoms with Crippen molar-refractivity contribution in [1.82, 2.24) is 0 Å². The predicted molar refractivity (Wildman–Crippen MR) is 79.0 cm³/mol. The lowest BCUT2D eigenvalue weighted by Crippen LogP contribution is -2.00. The molecule has 0 aliphatic carbocycles. The number of hydrogen-bond acceptors (Lipinski definition) is 4. The maximum Gasteiger partial charge on any atom is 0.331 e. The van der Waals surface area contributed by atoms with E-state index >= 15 is 0 Å². The van der Waals surface area contributed by atoms with Crippen LogP contribution in [0.25, 0.3) is 6.08 Å². The van der Waals surface area contributed by atoms with Gasteiger partial charge in [0, 0.05) is 6.08 Å². The summed E-state index contributed by atoms with van der Waals surface area (Å²) in [7, 11) is 3.15. The minimum atomic E-state index is -0.378. The molecule has 0 atom stereocenters. The average Bonchev–Trinajstić information content (AvgIpc) is 2.44. The molecule has 4 heteroatoms. The van der Waals surface area contributed by atoms with Gasteiger partial charge in [0.25, 0.3) is 0 Å². The molecule has 0 aliphatic heterocycles. The van der Waals surface area contributed by atoms with Crippen LogP contribution in [-0.4, -0.2) is 26.8 Å². The standard InChI is InChI=1S/C16H20O4/c1-12(2)9-10-20-16(17)8-6-13-5-7-14(18-3)15(11-13)19-4/h5-9,11H,10H2,1-4H3. The number of hydrogen-bond donors (Lipinski definition) is 0. The number of methoxy groups -OCH3 is 2. The van der Waals surface area contributed by atoms with Gasteiger partial charge in [-0.05, 0) is 43.7 Å². The summed E-state index contributed by atoms with van der Waals surface area (Å²) in [5.74, 6) is 0.889. The molecule has 0 radical (unpaired) electrons. The molecule has 0 aliphatic rings. The van der Waals surface area contributed by atoms with Crippen molar-refractivity contribution < 1.29 is 19.0 Å². The van der Waals surface area contributed by atoms with Crippen LogP contribution in [0.1, 0.15) is 19.4 Å². The van der Waals surface area contributed by atoms with Gasteiger partial charge in [-0.3, -0.25) is 0 Å². The zero-order valence-corrected chi connectivity index (χ0v) is 12.3. The molecule has 1 aromatic rings. The summed E-state index contributed by atoms with van der Waals surface area (Å²) in [5.41, 5.74) is 1.95. The van der Waals surface area contributed by atoms with Crippen LogP contribution in [0, 0.1) is 0 Å². The third kappa shape index (κ3) is 5.18. The number of carbonyl (C=O) groups is 1. The first-order chi connectivity index (χ1) is 9.56. The Morgan fingerprint density at radius 2 is 1.85 bits per heavy atom. The van der Waals surface area contributed by atoms with Crippen molar-refractivity contribution in [2.24, 2.45) is 0 Å². The Bertz CT molecular complexity index is 511. The molecule has 1 rings (SSSR count).